The molecule has 2 amide bonds. The van der Waals surface area contributed by atoms with Crippen molar-refractivity contribution < 1.29 is 4.79 Å². The SMILES string of the molecule is Cc1nc(CCNC(=O)N(C)Cc2cccnc2)nc2c1CCCC2. The Bertz CT molecular complexity index is 732. The molecule has 0 saturated carbocycles. The molecule has 0 fully saturated rings. The van der Waals surface area contributed by atoms with E-state index in [4.69, 9.17) is 4.98 Å². The Balaban J connectivity index is 1.50. The van der Waals surface area contributed by atoms with Crippen LogP contribution >= 0.6 is 0 Å². The van der Waals surface area contributed by atoms with E-state index in [0.29, 0.717) is 19.5 Å². The fraction of sp³-hybridized carbons (Fsp3) is 0.474. The molecule has 1 aliphatic rings. The van der Waals surface area contributed by atoms with Gasteiger partial charge in [0.05, 0.1) is 0 Å². The van der Waals surface area contributed by atoms with Gasteiger partial charge in [-0.3, -0.25) is 4.98 Å². The van der Waals surface area contributed by atoms with Gasteiger partial charge in [0, 0.05) is 50.3 Å². The van der Waals surface area contributed by atoms with Crippen molar-refractivity contribution in [2.75, 3.05) is 13.6 Å². The van der Waals surface area contributed by atoms with Crippen LogP contribution in [0.1, 0.15) is 41.2 Å². The van der Waals surface area contributed by atoms with Gasteiger partial charge in [-0.05, 0) is 49.8 Å². The Kier molecular flexibility index (Phi) is 5.58. The molecule has 0 bridgehead atoms. The second-order valence-electron chi connectivity index (χ2n) is 6.56. The van der Waals surface area contributed by atoms with Crippen LogP contribution in [0.3, 0.4) is 0 Å². The highest BCUT2D eigenvalue weighted by Gasteiger charge is 2.15. The maximum atomic E-state index is 12.2. The lowest BCUT2D eigenvalue weighted by Gasteiger charge is -2.19. The Morgan fingerprint density at radius 3 is 2.92 bits per heavy atom. The van der Waals surface area contributed by atoms with Crippen molar-refractivity contribution >= 4 is 6.03 Å². The third kappa shape index (κ3) is 4.53. The number of amides is 2. The number of nitrogens with zero attached hydrogens (tertiary/aromatic N) is 4. The smallest absolute Gasteiger partial charge is 0.317 e. The molecule has 0 aliphatic heterocycles. The Labute approximate surface area is 148 Å². The van der Waals surface area contributed by atoms with E-state index in [1.165, 1.54) is 24.1 Å². The fourth-order valence-corrected chi connectivity index (χ4v) is 3.21. The zero-order valence-corrected chi connectivity index (χ0v) is 15.0. The summed E-state index contributed by atoms with van der Waals surface area (Å²) in [7, 11) is 1.78. The third-order valence-corrected chi connectivity index (χ3v) is 4.55. The van der Waals surface area contributed by atoms with Crippen molar-refractivity contribution in [2.24, 2.45) is 0 Å². The van der Waals surface area contributed by atoms with Crippen molar-refractivity contribution in [1.82, 2.24) is 25.2 Å². The second kappa shape index (κ2) is 8.05. The highest BCUT2D eigenvalue weighted by Crippen LogP contribution is 2.21. The van der Waals surface area contributed by atoms with Gasteiger partial charge in [-0.2, -0.15) is 0 Å². The Hall–Kier alpha value is -2.50. The first-order chi connectivity index (χ1) is 12.1. The van der Waals surface area contributed by atoms with Gasteiger partial charge in [0.1, 0.15) is 5.82 Å². The quantitative estimate of drug-likeness (QED) is 0.908. The molecule has 0 radical (unpaired) electrons. The Morgan fingerprint density at radius 2 is 2.12 bits per heavy atom. The molecule has 6 heteroatoms. The molecule has 0 spiro atoms. The van der Waals surface area contributed by atoms with Crippen LogP contribution < -0.4 is 5.32 Å². The molecule has 3 rings (SSSR count). The summed E-state index contributed by atoms with van der Waals surface area (Å²) in [6.45, 7) is 3.14. The van der Waals surface area contributed by atoms with Crippen LogP contribution in [0.25, 0.3) is 0 Å². The van der Waals surface area contributed by atoms with Gasteiger partial charge in [0.25, 0.3) is 0 Å². The number of hydrogen-bond donors (Lipinski definition) is 1. The zero-order valence-electron chi connectivity index (χ0n) is 15.0. The number of aromatic nitrogens is 3. The molecule has 0 unspecified atom stereocenters. The standard InChI is InChI=1S/C19H25N5O/c1-14-16-7-3-4-8-17(16)23-18(22-14)9-11-21-19(25)24(2)13-15-6-5-10-20-12-15/h5-6,10,12H,3-4,7-9,11,13H2,1-2H3,(H,21,25). The van der Waals surface area contributed by atoms with Crippen LogP contribution in [0.15, 0.2) is 24.5 Å². The van der Waals surface area contributed by atoms with Gasteiger partial charge in [-0.25, -0.2) is 14.8 Å². The zero-order chi connectivity index (χ0) is 17.6. The molecule has 0 atom stereocenters. The molecule has 1 N–H and O–H groups in total. The lowest BCUT2D eigenvalue weighted by molar-refractivity contribution is 0.207. The van der Waals surface area contributed by atoms with Crippen molar-refractivity contribution in [3.63, 3.8) is 0 Å². The monoisotopic (exact) mass is 339 g/mol. The largest absolute Gasteiger partial charge is 0.338 e. The molecule has 0 saturated heterocycles. The number of pyridine rings is 1. The van der Waals surface area contributed by atoms with Gasteiger partial charge in [-0.15, -0.1) is 0 Å². The summed E-state index contributed by atoms with van der Waals surface area (Å²) in [6.07, 6.45) is 8.73. The van der Waals surface area contributed by atoms with Gasteiger partial charge in [0.15, 0.2) is 0 Å². The van der Waals surface area contributed by atoms with E-state index in [-0.39, 0.29) is 6.03 Å². The van der Waals surface area contributed by atoms with E-state index in [0.717, 1.165) is 29.9 Å². The van der Waals surface area contributed by atoms with E-state index in [1.807, 2.05) is 12.1 Å². The van der Waals surface area contributed by atoms with Crippen molar-refractivity contribution in [2.45, 2.75) is 45.6 Å². The minimum Gasteiger partial charge on any atom is -0.338 e. The number of rotatable bonds is 5. The lowest BCUT2D eigenvalue weighted by atomic mass is 9.95. The number of nitrogens with one attached hydrogen (secondary N) is 1. The van der Waals surface area contributed by atoms with Crippen LogP contribution in [0, 0.1) is 6.92 Å². The van der Waals surface area contributed by atoms with E-state index < -0.39 is 0 Å². The average Bonchev–Trinajstić information content (AvgIpc) is 2.62. The normalized spacial score (nSPS) is 13.2. The summed E-state index contributed by atoms with van der Waals surface area (Å²) in [5.41, 5.74) is 4.64. The number of urea groups is 1. The van der Waals surface area contributed by atoms with Crippen LogP contribution in [0.5, 0.6) is 0 Å². The van der Waals surface area contributed by atoms with Crippen molar-refractivity contribution in [1.29, 1.82) is 0 Å². The summed E-state index contributed by atoms with van der Waals surface area (Å²) >= 11 is 0. The first-order valence-electron chi connectivity index (χ1n) is 8.86. The second-order valence-corrected chi connectivity index (χ2v) is 6.56. The maximum Gasteiger partial charge on any atom is 0.317 e. The molecular weight excluding hydrogens is 314 g/mol. The summed E-state index contributed by atoms with van der Waals surface area (Å²) in [5, 5.41) is 2.94. The molecule has 2 aromatic heterocycles. The Morgan fingerprint density at radius 1 is 1.28 bits per heavy atom. The number of fused-ring (bicyclic) bond motifs is 1. The molecule has 132 valence electrons. The first kappa shape index (κ1) is 17.3. The highest BCUT2D eigenvalue weighted by molar-refractivity contribution is 5.73. The fourth-order valence-electron chi connectivity index (χ4n) is 3.21. The minimum atomic E-state index is -0.0986. The topological polar surface area (TPSA) is 71.0 Å². The molecule has 2 aromatic rings. The molecule has 25 heavy (non-hydrogen) atoms. The number of carbonyl (C=O) groups excluding carboxylic acids is 1. The third-order valence-electron chi connectivity index (χ3n) is 4.55. The maximum absolute atomic E-state index is 12.2. The van der Waals surface area contributed by atoms with E-state index in [2.05, 4.69) is 22.2 Å². The molecule has 1 aliphatic carbocycles. The molecular formula is C19H25N5O. The number of hydrogen-bond acceptors (Lipinski definition) is 4. The van der Waals surface area contributed by atoms with E-state index in [1.54, 1.807) is 24.3 Å². The molecule has 0 aromatic carbocycles. The van der Waals surface area contributed by atoms with Crippen LogP contribution in [-0.4, -0.2) is 39.5 Å². The van der Waals surface area contributed by atoms with Crippen LogP contribution in [-0.2, 0) is 25.8 Å². The summed E-state index contributed by atoms with van der Waals surface area (Å²) in [6, 6.07) is 3.73. The van der Waals surface area contributed by atoms with Crippen molar-refractivity contribution in [3.05, 3.63) is 52.9 Å². The summed E-state index contributed by atoms with van der Waals surface area (Å²) in [5.74, 6) is 0.827. The van der Waals surface area contributed by atoms with E-state index >= 15 is 0 Å². The van der Waals surface area contributed by atoms with Gasteiger partial charge < -0.3 is 10.2 Å². The van der Waals surface area contributed by atoms with Gasteiger partial charge in [-0.1, -0.05) is 6.07 Å². The minimum absolute atomic E-state index is 0.0986. The predicted molar refractivity (Wildman–Crippen MR) is 96.2 cm³/mol. The van der Waals surface area contributed by atoms with E-state index in [9.17, 15) is 4.79 Å². The van der Waals surface area contributed by atoms with Gasteiger partial charge >= 0.3 is 6.03 Å². The highest BCUT2D eigenvalue weighted by atomic mass is 16.2. The molecule has 2 heterocycles. The molecule has 6 nitrogen and oxygen atoms in total. The van der Waals surface area contributed by atoms with Crippen LogP contribution in [0.4, 0.5) is 4.79 Å². The van der Waals surface area contributed by atoms with Crippen LogP contribution in [0.2, 0.25) is 0 Å². The average molecular weight is 339 g/mol. The summed E-state index contributed by atoms with van der Waals surface area (Å²) in [4.78, 5) is 27.2. The van der Waals surface area contributed by atoms with Crippen molar-refractivity contribution in [3.8, 4) is 0 Å². The lowest BCUT2D eigenvalue weighted by Crippen LogP contribution is -2.38. The number of aryl methyl sites for hydroxylation is 2. The first-order valence-corrected chi connectivity index (χ1v) is 8.86. The number of carbonyl (C=O) groups is 1. The predicted octanol–water partition coefficient (Wildman–Crippen LogP) is 2.44. The van der Waals surface area contributed by atoms with Gasteiger partial charge in [0.2, 0.25) is 0 Å². The summed E-state index contributed by atoms with van der Waals surface area (Å²) < 4.78 is 0.